The topological polar surface area (TPSA) is 29.9 Å². The highest BCUT2D eigenvalue weighted by atomic mass is 35.5. The van der Waals surface area contributed by atoms with Gasteiger partial charge in [-0.05, 0) is 37.5 Å². The predicted octanol–water partition coefficient (Wildman–Crippen LogP) is 4.58. The molecule has 1 aliphatic rings. The van der Waals surface area contributed by atoms with E-state index in [9.17, 15) is 0 Å². The van der Waals surface area contributed by atoms with Crippen LogP contribution < -0.4 is 5.32 Å². The van der Waals surface area contributed by atoms with E-state index >= 15 is 0 Å². The van der Waals surface area contributed by atoms with Gasteiger partial charge in [0.05, 0.1) is 5.69 Å². The molecule has 0 aliphatic heterocycles. The smallest absolute Gasteiger partial charge is 0.207 e. The number of nitrogens with one attached hydrogen (secondary N) is 1. The number of rotatable bonds is 3. The van der Waals surface area contributed by atoms with Crippen molar-refractivity contribution in [2.45, 2.75) is 45.1 Å². The largest absolute Gasteiger partial charge is 0.353 e. The lowest BCUT2D eigenvalue weighted by atomic mass is 9.96. The van der Waals surface area contributed by atoms with Crippen LogP contribution in [0.25, 0.3) is 5.69 Å². The summed E-state index contributed by atoms with van der Waals surface area (Å²) in [6.07, 6.45) is 10.3. The third-order valence-corrected chi connectivity index (χ3v) is 4.24. The average Bonchev–Trinajstić information content (AvgIpc) is 2.91. The van der Waals surface area contributed by atoms with Crippen molar-refractivity contribution in [2.24, 2.45) is 0 Å². The Morgan fingerprint density at radius 1 is 1.25 bits per heavy atom. The lowest BCUT2D eigenvalue weighted by molar-refractivity contribution is 0.460. The lowest BCUT2D eigenvalue weighted by Crippen LogP contribution is -2.24. The fraction of sp³-hybridized carbons (Fsp3) is 0.438. The van der Waals surface area contributed by atoms with Crippen LogP contribution in [0.5, 0.6) is 0 Å². The Hall–Kier alpha value is -1.48. The molecule has 0 bridgehead atoms. The zero-order valence-corrected chi connectivity index (χ0v) is 12.5. The van der Waals surface area contributed by atoms with Crippen LogP contribution in [0.4, 0.5) is 5.95 Å². The van der Waals surface area contributed by atoms with Gasteiger partial charge in [0.1, 0.15) is 0 Å². The second-order valence-electron chi connectivity index (χ2n) is 5.53. The van der Waals surface area contributed by atoms with Gasteiger partial charge in [0, 0.05) is 23.5 Å². The zero-order chi connectivity index (χ0) is 13.9. The molecule has 0 spiro atoms. The van der Waals surface area contributed by atoms with Crippen LogP contribution in [0.1, 0.15) is 37.7 Å². The number of anilines is 1. The first-order valence-electron chi connectivity index (χ1n) is 7.30. The van der Waals surface area contributed by atoms with Crippen LogP contribution in [0.2, 0.25) is 5.02 Å². The van der Waals surface area contributed by atoms with Gasteiger partial charge in [-0.2, -0.15) is 0 Å². The molecule has 1 aromatic heterocycles. The van der Waals surface area contributed by atoms with Crippen LogP contribution in [-0.2, 0) is 0 Å². The summed E-state index contributed by atoms with van der Waals surface area (Å²) in [5.74, 6) is 0.919. The first kappa shape index (κ1) is 13.5. The van der Waals surface area contributed by atoms with E-state index in [0.717, 1.165) is 16.7 Å². The van der Waals surface area contributed by atoms with Gasteiger partial charge in [0.25, 0.3) is 0 Å². The number of aromatic nitrogens is 2. The summed E-state index contributed by atoms with van der Waals surface area (Å²) in [5, 5.41) is 4.34. The van der Waals surface area contributed by atoms with Crippen molar-refractivity contribution < 1.29 is 0 Å². The molecule has 1 fully saturated rings. The minimum absolute atomic E-state index is 0.546. The van der Waals surface area contributed by atoms with Gasteiger partial charge in [-0.3, -0.25) is 4.57 Å². The number of imidazole rings is 1. The van der Waals surface area contributed by atoms with Crippen LogP contribution in [0.15, 0.2) is 30.6 Å². The molecule has 1 heterocycles. The number of benzene rings is 1. The SMILES string of the molecule is Cc1ccc(Cl)cc1-n1ccnc1NC1CCCCC1. The van der Waals surface area contributed by atoms with E-state index in [4.69, 9.17) is 11.6 Å². The molecule has 0 saturated heterocycles. The summed E-state index contributed by atoms with van der Waals surface area (Å²) in [5.41, 5.74) is 2.28. The molecule has 0 amide bonds. The van der Waals surface area contributed by atoms with E-state index < -0.39 is 0 Å². The monoisotopic (exact) mass is 289 g/mol. The second kappa shape index (κ2) is 5.88. The van der Waals surface area contributed by atoms with Gasteiger partial charge in [-0.25, -0.2) is 4.98 Å². The summed E-state index contributed by atoms with van der Waals surface area (Å²) in [6.45, 7) is 2.09. The molecule has 106 valence electrons. The number of halogens is 1. The van der Waals surface area contributed by atoms with Gasteiger partial charge in [0.15, 0.2) is 0 Å². The average molecular weight is 290 g/mol. The Kier molecular flexibility index (Phi) is 3.97. The predicted molar refractivity (Wildman–Crippen MR) is 83.8 cm³/mol. The standard InChI is InChI=1S/C16H20ClN3/c1-12-7-8-13(17)11-15(12)20-10-9-18-16(20)19-14-5-3-2-4-6-14/h7-11,14H,2-6H2,1H3,(H,18,19). The van der Waals surface area contributed by atoms with Crippen molar-refractivity contribution in [1.29, 1.82) is 0 Å². The maximum Gasteiger partial charge on any atom is 0.207 e. The van der Waals surface area contributed by atoms with Crippen molar-refractivity contribution in [3.05, 3.63) is 41.2 Å². The molecule has 1 aromatic carbocycles. The minimum atomic E-state index is 0.546. The lowest BCUT2D eigenvalue weighted by Gasteiger charge is -2.24. The molecule has 1 N–H and O–H groups in total. The Morgan fingerprint density at radius 2 is 2.05 bits per heavy atom. The molecule has 0 atom stereocenters. The molecule has 0 unspecified atom stereocenters. The highest BCUT2D eigenvalue weighted by Crippen LogP contribution is 2.25. The van der Waals surface area contributed by atoms with E-state index in [1.165, 1.54) is 37.7 Å². The van der Waals surface area contributed by atoms with Gasteiger partial charge in [-0.1, -0.05) is 36.9 Å². The summed E-state index contributed by atoms with van der Waals surface area (Å²) < 4.78 is 2.09. The Labute approximate surface area is 125 Å². The molecule has 1 saturated carbocycles. The highest BCUT2D eigenvalue weighted by molar-refractivity contribution is 6.30. The van der Waals surface area contributed by atoms with Gasteiger partial charge in [-0.15, -0.1) is 0 Å². The minimum Gasteiger partial charge on any atom is -0.353 e. The van der Waals surface area contributed by atoms with Crippen LogP contribution in [0.3, 0.4) is 0 Å². The fourth-order valence-corrected chi connectivity index (χ4v) is 3.04. The van der Waals surface area contributed by atoms with Crippen LogP contribution in [0, 0.1) is 6.92 Å². The van der Waals surface area contributed by atoms with Crippen molar-refractivity contribution in [3.63, 3.8) is 0 Å². The van der Waals surface area contributed by atoms with Gasteiger partial charge >= 0.3 is 0 Å². The molecule has 20 heavy (non-hydrogen) atoms. The van der Waals surface area contributed by atoms with Gasteiger partial charge in [0.2, 0.25) is 5.95 Å². The third-order valence-electron chi connectivity index (χ3n) is 4.01. The van der Waals surface area contributed by atoms with Crippen molar-refractivity contribution in [2.75, 3.05) is 5.32 Å². The van der Waals surface area contributed by atoms with E-state index in [-0.39, 0.29) is 0 Å². The molecule has 0 radical (unpaired) electrons. The van der Waals surface area contributed by atoms with Crippen LogP contribution >= 0.6 is 11.6 Å². The van der Waals surface area contributed by atoms with Crippen molar-refractivity contribution >= 4 is 17.5 Å². The molecular formula is C16H20ClN3. The zero-order valence-electron chi connectivity index (χ0n) is 11.8. The Balaban J connectivity index is 1.87. The second-order valence-corrected chi connectivity index (χ2v) is 5.97. The Morgan fingerprint density at radius 3 is 2.85 bits per heavy atom. The van der Waals surface area contributed by atoms with Crippen LogP contribution in [-0.4, -0.2) is 15.6 Å². The normalized spacial score (nSPS) is 16.3. The molecule has 1 aliphatic carbocycles. The van der Waals surface area contributed by atoms with E-state index in [0.29, 0.717) is 6.04 Å². The van der Waals surface area contributed by atoms with Crippen molar-refractivity contribution in [1.82, 2.24) is 9.55 Å². The molecule has 3 nitrogen and oxygen atoms in total. The summed E-state index contributed by atoms with van der Waals surface area (Å²) in [4.78, 5) is 4.47. The molecule has 3 rings (SSSR count). The summed E-state index contributed by atoms with van der Waals surface area (Å²) in [7, 11) is 0. The quantitative estimate of drug-likeness (QED) is 0.896. The molecule has 2 aromatic rings. The van der Waals surface area contributed by atoms with Crippen molar-refractivity contribution in [3.8, 4) is 5.69 Å². The number of nitrogens with zero attached hydrogens (tertiary/aromatic N) is 2. The van der Waals surface area contributed by atoms with E-state index in [1.807, 2.05) is 30.6 Å². The molecule has 4 heteroatoms. The number of hydrogen-bond acceptors (Lipinski definition) is 2. The summed E-state index contributed by atoms with van der Waals surface area (Å²) >= 11 is 6.12. The maximum absolute atomic E-state index is 6.12. The maximum atomic E-state index is 6.12. The third kappa shape index (κ3) is 2.83. The Bertz CT molecular complexity index is 585. The molecular weight excluding hydrogens is 270 g/mol. The first-order chi connectivity index (χ1) is 9.74. The van der Waals surface area contributed by atoms with E-state index in [2.05, 4.69) is 21.8 Å². The highest BCUT2D eigenvalue weighted by Gasteiger charge is 2.16. The number of aryl methyl sites for hydroxylation is 1. The summed E-state index contributed by atoms with van der Waals surface area (Å²) in [6, 6.07) is 6.50. The van der Waals surface area contributed by atoms with Gasteiger partial charge < -0.3 is 5.32 Å². The first-order valence-corrected chi connectivity index (χ1v) is 7.68. The van der Waals surface area contributed by atoms with E-state index in [1.54, 1.807) is 0 Å². The fourth-order valence-electron chi connectivity index (χ4n) is 2.88. The number of hydrogen-bond donors (Lipinski definition) is 1.